The summed E-state index contributed by atoms with van der Waals surface area (Å²) in [4.78, 5) is 39.7. The van der Waals surface area contributed by atoms with Gasteiger partial charge in [-0.1, -0.05) is 27.3 Å². The Labute approximate surface area is 159 Å². The molecule has 1 N–H and O–H groups in total. The average Bonchev–Trinajstić information content (AvgIpc) is 3.29. The molecule has 0 radical (unpaired) electrons. The van der Waals surface area contributed by atoms with Crippen molar-refractivity contribution in [2.75, 3.05) is 5.32 Å². The van der Waals surface area contributed by atoms with Gasteiger partial charge in [0, 0.05) is 18.1 Å². The Bertz CT molecular complexity index is 978. The number of carbonyl (C=O) groups is 2. The third-order valence-electron chi connectivity index (χ3n) is 5.64. The Balaban J connectivity index is 1.41. The molecule has 1 aromatic carbocycles. The van der Waals surface area contributed by atoms with Crippen molar-refractivity contribution in [2.45, 2.75) is 17.4 Å². The molecule has 2 heterocycles. The summed E-state index contributed by atoms with van der Waals surface area (Å²) in [6, 6.07) is 4.38. The Morgan fingerprint density at radius 3 is 3.00 bits per heavy atom. The second-order valence-electron chi connectivity index (χ2n) is 6.88. The minimum absolute atomic E-state index is 0.00367. The first kappa shape index (κ1) is 16.1. The monoisotopic (exact) mass is 437 g/mol. The van der Waals surface area contributed by atoms with E-state index in [4.69, 9.17) is 4.74 Å². The molecule has 0 unspecified atom stereocenters. The van der Waals surface area contributed by atoms with Crippen LogP contribution in [-0.2, 0) is 14.3 Å². The number of benzene rings is 1. The normalized spacial score (nSPS) is 34.3. The highest BCUT2D eigenvalue weighted by atomic mass is 79.9. The van der Waals surface area contributed by atoms with E-state index in [1.165, 1.54) is 23.5 Å². The quantitative estimate of drug-likeness (QED) is 0.342. The largest absolute Gasteiger partial charge is 0.461 e. The minimum Gasteiger partial charge on any atom is -0.461 e. The first-order valence-corrected chi connectivity index (χ1v) is 9.87. The number of halogens is 1. The lowest BCUT2D eigenvalue weighted by atomic mass is 9.79. The molecule has 8 nitrogen and oxygen atoms in total. The molecule has 2 aromatic rings. The summed E-state index contributed by atoms with van der Waals surface area (Å²) in [6.45, 7) is 0. The number of hydrogen-bond donors (Lipinski definition) is 1. The lowest BCUT2D eigenvalue weighted by Crippen LogP contribution is -2.40. The van der Waals surface area contributed by atoms with Crippen molar-refractivity contribution in [3.8, 4) is 0 Å². The maximum absolute atomic E-state index is 12.9. The lowest BCUT2D eigenvalue weighted by Gasteiger charge is -2.27. The maximum Gasteiger partial charge on any atom is 0.310 e. The predicted molar refractivity (Wildman–Crippen MR) is 96.1 cm³/mol. The smallest absolute Gasteiger partial charge is 0.310 e. The number of carbonyl (C=O) groups excluding carboxylic acids is 2. The van der Waals surface area contributed by atoms with Crippen LogP contribution in [0.25, 0.3) is 10.2 Å². The zero-order valence-electron chi connectivity index (χ0n) is 13.1. The molecule has 0 spiro atoms. The van der Waals surface area contributed by atoms with Crippen LogP contribution in [0, 0.1) is 33.8 Å². The standard InChI is InChI=1S/C16H12BrN3O5S/c17-12-6-4-7-11(15(22)25-13(7)12)10(6)14(21)19-16-18-8-2-1-5(20(23)24)3-9(8)26-16/h1-3,6-7,10-13H,4H2,(H,18,19,21)/t6-,7-,10-,11+,12+,13+/m1/s1. The summed E-state index contributed by atoms with van der Waals surface area (Å²) < 4.78 is 6.05. The van der Waals surface area contributed by atoms with E-state index < -0.39 is 10.8 Å². The number of nitro groups is 1. The van der Waals surface area contributed by atoms with Crippen LogP contribution in [0.4, 0.5) is 10.8 Å². The van der Waals surface area contributed by atoms with Gasteiger partial charge in [-0.25, -0.2) is 4.98 Å². The number of esters is 1. The van der Waals surface area contributed by atoms with Crippen molar-refractivity contribution in [1.29, 1.82) is 0 Å². The van der Waals surface area contributed by atoms with Crippen molar-refractivity contribution in [3.63, 3.8) is 0 Å². The second-order valence-corrected chi connectivity index (χ2v) is 8.97. The van der Waals surface area contributed by atoms with E-state index in [2.05, 4.69) is 26.2 Å². The van der Waals surface area contributed by atoms with E-state index in [1.54, 1.807) is 6.07 Å². The van der Waals surface area contributed by atoms with Crippen molar-refractivity contribution in [3.05, 3.63) is 28.3 Å². The number of anilines is 1. The fraction of sp³-hybridized carbons (Fsp3) is 0.438. The number of ether oxygens (including phenoxy) is 1. The van der Waals surface area contributed by atoms with Gasteiger partial charge in [0.25, 0.3) is 5.69 Å². The zero-order chi connectivity index (χ0) is 18.2. The summed E-state index contributed by atoms with van der Waals surface area (Å²) in [6.07, 6.45) is 0.686. The molecule has 3 fully saturated rings. The fourth-order valence-electron chi connectivity index (χ4n) is 4.60. The number of amides is 1. The molecule has 2 bridgehead atoms. The van der Waals surface area contributed by atoms with Gasteiger partial charge in [-0.3, -0.25) is 19.7 Å². The minimum atomic E-state index is -0.467. The number of aromatic nitrogens is 1. The van der Waals surface area contributed by atoms with Crippen LogP contribution in [0.1, 0.15) is 6.42 Å². The van der Waals surface area contributed by atoms with E-state index in [1.807, 2.05) is 0 Å². The topological polar surface area (TPSA) is 111 Å². The van der Waals surface area contributed by atoms with Crippen LogP contribution in [0.15, 0.2) is 18.2 Å². The molecular weight excluding hydrogens is 426 g/mol. The molecule has 26 heavy (non-hydrogen) atoms. The highest BCUT2D eigenvalue weighted by Crippen LogP contribution is 2.60. The highest BCUT2D eigenvalue weighted by Gasteiger charge is 2.67. The van der Waals surface area contributed by atoms with E-state index in [9.17, 15) is 19.7 Å². The van der Waals surface area contributed by atoms with Gasteiger partial charge in [0.2, 0.25) is 5.91 Å². The van der Waals surface area contributed by atoms with E-state index >= 15 is 0 Å². The van der Waals surface area contributed by atoms with Gasteiger partial charge in [-0.05, 0) is 18.4 Å². The molecule has 2 saturated carbocycles. The Morgan fingerprint density at radius 1 is 1.42 bits per heavy atom. The summed E-state index contributed by atoms with van der Waals surface area (Å²) in [7, 11) is 0. The van der Waals surface area contributed by atoms with Crippen molar-refractivity contribution < 1.29 is 19.2 Å². The van der Waals surface area contributed by atoms with Crippen molar-refractivity contribution >= 4 is 60.2 Å². The number of hydrogen-bond acceptors (Lipinski definition) is 7. The molecule has 6 atom stereocenters. The van der Waals surface area contributed by atoms with Gasteiger partial charge < -0.3 is 10.1 Å². The van der Waals surface area contributed by atoms with Crippen LogP contribution in [-0.4, -0.2) is 32.7 Å². The third-order valence-corrected chi connectivity index (χ3v) is 7.77. The van der Waals surface area contributed by atoms with Crippen LogP contribution in [0.5, 0.6) is 0 Å². The van der Waals surface area contributed by atoms with Gasteiger partial charge in [0.15, 0.2) is 5.13 Å². The van der Waals surface area contributed by atoms with Gasteiger partial charge in [0.1, 0.15) is 6.10 Å². The molecule has 1 aromatic heterocycles. The summed E-state index contributed by atoms with van der Waals surface area (Å²) in [5, 5.41) is 14.1. The zero-order valence-corrected chi connectivity index (χ0v) is 15.5. The number of non-ortho nitro benzene ring substituents is 1. The Hall–Kier alpha value is -2.07. The molecule has 3 aliphatic rings. The number of rotatable bonds is 3. The van der Waals surface area contributed by atoms with Gasteiger partial charge in [0.05, 0.1) is 31.8 Å². The summed E-state index contributed by atoms with van der Waals surface area (Å²) >= 11 is 4.77. The SMILES string of the molecule is O=C(Nc1nc2ccc([N+](=O)[O-])cc2s1)[C@@H]1[C@H]2C[C@H]3[C@H](OC(=O)[C@@H]31)[C@H]2Br. The van der Waals surface area contributed by atoms with Crippen molar-refractivity contribution in [2.24, 2.45) is 23.7 Å². The van der Waals surface area contributed by atoms with Gasteiger partial charge >= 0.3 is 5.97 Å². The molecule has 10 heteroatoms. The second kappa shape index (κ2) is 5.46. The number of thiazole rings is 1. The average molecular weight is 438 g/mol. The first-order valence-electron chi connectivity index (χ1n) is 8.14. The number of alkyl halides is 1. The molecule has 2 aliphatic carbocycles. The fourth-order valence-corrected chi connectivity index (χ4v) is 6.55. The first-order chi connectivity index (χ1) is 12.4. The van der Waals surface area contributed by atoms with Crippen LogP contribution < -0.4 is 5.32 Å². The number of nitrogens with zero attached hydrogens (tertiary/aromatic N) is 2. The number of fused-ring (bicyclic) bond motifs is 2. The molecule has 1 amide bonds. The third kappa shape index (κ3) is 2.14. The summed E-state index contributed by atoms with van der Waals surface area (Å²) in [5.41, 5.74) is 0.566. The molecule has 1 aliphatic heterocycles. The van der Waals surface area contributed by atoms with Crippen LogP contribution >= 0.6 is 27.3 Å². The van der Waals surface area contributed by atoms with Gasteiger partial charge in [-0.2, -0.15) is 0 Å². The van der Waals surface area contributed by atoms with Crippen molar-refractivity contribution in [1.82, 2.24) is 4.98 Å². The van der Waals surface area contributed by atoms with Crippen LogP contribution in [0.2, 0.25) is 0 Å². The summed E-state index contributed by atoms with van der Waals surface area (Å²) in [5.74, 6) is -1.17. The van der Waals surface area contributed by atoms with Gasteiger partial charge in [-0.15, -0.1) is 0 Å². The van der Waals surface area contributed by atoms with E-state index in [0.717, 1.165) is 6.42 Å². The Kier molecular flexibility index (Phi) is 3.39. The Morgan fingerprint density at radius 2 is 2.23 bits per heavy atom. The molecular formula is C16H12BrN3O5S. The predicted octanol–water partition coefficient (Wildman–Crippen LogP) is 2.71. The molecule has 134 valence electrons. The van der Waals surface area contributed by atoms with E-state index in [0.29, 0.717) is 15.3 Å². The number of nitrogens with one attached hydrogen (secondary N) is 1. The highest BCUT2D eigenvalue weighted by molar-refractivity contribution is 9.09. The molecule has 1 saturated heterocycles. The lowest BCUT2D eigenvalue weighted by molar-refractivity contribution is -0.384. The number of nitro benzene ring substituents is 1. The van der Waals surface area contributed by atoms with E-state index in [-0.39, 0.29) is 46.2 Å². The maximum atomic E-state index is 12.9. The molecule has 5 rings (SSSR count). The van der Waals surface area contributed by atoms with Crippen LogP contribution in [0.3, 0.4) is 0 Å².